The van der Waals surface area contributed by atoms with Crippen LogP contribution in [0, 0.1) is 28.6 Å². The quantitative estimate of drug-likeness (QED) is 0.633. The van der Waals surface area contributed by atoms with E-state index in [1.807, 2.05) is 20.2 Å². The van der Waals surface area contributed by atoms with Gasteiger partial charge in [-0.1, -0.05) is 19.4 Å². The molecule has 0 spiro atoms. The Morgan fingerprint density at radius 1 is 1.19 bits per heavy atom. The molecule has 6 heteroatoms. The highest BCUT2D eigenvalue weighted by molar-refractivity contribution is 5.92. The number of aliphatic hydroxyl groups excluding tert-OH is 1. The van der Waals surface area contributed by atoms with E-state index in [1.165, 1.54) is 5.57 Å². The molecule has 0 aromatic rings. The van der Waals surface area contributed by atoms with Crippen molar-refractivity contribution in [3.63, 3.8) is 0 Å². The van der Waals surface area contributed by atoms with Crippen molar-refractivity contribution < 1.29 is 19.4 Å². The van der Waals surface area contributed by atoms with Crippen LogP contribution >= 0.6 is 12.4 Å². The Morgan fingerprint density at radius 3 is 2.65 bits per heavy atom. The molecule has 5 nitrogen and oxygen atoms in total. The van der Waals surface area contributed by atoms with Gasteiger partial charge in [0.05, 0.1) is 6.10 Å². The van der Waals surface area contributed by atoms with E-state index in [9.17, 15) is 14.7 Å². The Morgan fingerprint density at radius 2 is 1.94 bits per heavy atom. The lowest BCUT2D eigenvalue weighted by molar-refractivity contribution is -0.166. The first-order chi connectivity index (χ1) is 14.2. The summed E-state index contributed by atoms with van der Waals surface area (Å²) >= 11 is 0. The number of rotatable bonds is 5. The second kappa shape index (κ2) is 9.15. The summed E-state index contributed by atoms with van der Waals surface area (Å²) in [4.78, 5) is 27.2. The van der Waals surface area contributed by atoms with Gasteiger partial charge in [0.15, 0.2) is 5.78 Å². The van der Waals surface area contributed by atoms with Crippen LogP contribution in [0.5, 0.6) is 0 Å². The number of carbonyl (C=O) groups is 2. The summed E-state index contributed by atoms with van der Waals surface area (Å²) in [5.74, 6) is 1.44. The first kappa shape index (κ1) is 24.7. The lowest BCUT2D eigenvalue weighted by atomic mass is 9.46. The number of carbonyl (C=O) groups excluding carboxylic acids is 2. The van der Waals surface area contributed by atoms with E-state index in [1.54, 1.807) is 0 Å². The molecule has 31 heavy (non-hydrogen) atoms. The average Bonchev–Trinajstić information content (AvgIpc) is 2.97. The topological polar surface area (TPSA) is 66.8 Å². The Bertz CT molecular complexity index is 737. The molecule has 3 saturated carbocycles. The van der Waals surface area contributed by atoms with E-state index < -0.39 is 0 Å². The second-order valence-corrected chi connectivity index (χ2v) is 11.1. The molecule has 0 aromatic carbocycles. The maximum absolute atomic E-state index is 12.6. The van der Waals surface area contributed by atoms with Crippen molar-refractivity contribution in [1.29, 1.82) is 0 Å². The van der Waals surface area contributed by atoms with Gasteiger partial charge in [-0.25, -0.2) is 0 Å². The molecule has 1 N–H and O–H groups in total. The summed E-state index contributed by atoms with van der Waals surface area (Å²) in [6, 6.07) is 0. The number of halogens is 1. The van der Waals surface area contributed by atoms with Crippen LogP contribution in [0.15, 0.2) is 11.6 Å². The molecule has 0 amide bonds. The molecule has 176 valence electrons. The van der Waals surface area contributed by atoms with Crippen LogP contribution in [0.25, 0.3) is 0 Å². The number of hydrogen-bond donors (Lipinski definition) is 1. The van der Waals surface area contributed by atoms with Crippen LogP contribution in [0.4, 0.5) is 0 Å². The Labute approximate surface area is 193 Å². The SMILES string of the molecule is CN(C)CCCC(=O)OC1CC(=O)C=C2CC[C@H]3[C@@H]4CC[C@H](O)[C@@]4(C)CC[C@@H]3[C@]21C.Cl. The van der Waals surface area contributed by atoms with Gasteiger partial charge in [-0.15, -0.1) is 12.4 Å². The van der Waals surface area contributed by atoms with Crippen molar-refractivity contribution in [1.82, 2.24) is 4.90 Å². The summed E-state index contributed by atoms with van der Waals surface area (Å²) < 4.78 is 6.05. The van der Waals surface area contributed by atoms with E-state index >= 15 is 0 Å². The predicted molar refractivity (Wildman–Crippen MR) is 123 cm³/mol. The minimum atomic E-state index is -0.347. The predicted octanol–water partition coefficient (Wildman–Crippen LogP) is 4.16. The van der Waals surface area contributed by atoms with Gasteiger partial charge in [-0.2, -0.15) is 0 Å². The van der Waals surface area contributed by atoms with Crippen LogP contribution in [0.2, 0.25) is 0 Å². The summed E-state index contributed by atoms with van der Waals surface area (Å²) in [6.45, 7) is 5.40. The van der Waals surface area contributed by atoms with Crippen LogP contribution in [-0.4, -0.2) is 54.6 Å². The van der Waals surface area contributed by atoms with Crippen molar-refractivity contribution in [3.8, 4) is 0 Å². The highest BCUT2D eigenvalue weighted by Gasteiger charge is 2.61. The average molecular weight is 454 g/mol. The molecular formula is C25H40ClNO4. The van der Waals surface area contributed by atoms with Gasteiger partial charge in [-0.05, 0) is 94.8 Å². The third-order valence-electron chi connectivity index (χ3n) is 9.25. The van der Waals surface area contributed by atoms with Crippen LogP contribution in [-0.2, 0) is 14.3 Å². The van der Waals surface area contributed by atoms with Gasteiger partial charge in [0.25, 0.3) is 0 Å². The van der Waals surface area contributed by atoms with Crippen LogP contribution in [0.3, 0.4) is 0 Å². The van der Waals surface area contributed by atoms with Gasteiger partial charge >= 0.3 is 5.97 Å². The lowest BCUT2D eigenvalue weighted by Crippen LogP contribution is -2.56. The first-order valence-corrected chi connectivity index (χ1v) is 11.9. The zero-order valence-electron chi connectivity index (χ0n) is 19.6. The third kappa shape index (κ3) is 4.22. The molecule has 0 heterocycles. The summed E-state index contributed by atoms with van der Waals surface area (Å²) in [6.07, 6.45) is 8.91. The molecule has 0 saturated heterocycles. The molecule has 0 aromatic heterocycles. The molecule has 7 atom stereocenters. The minimum Gasteiger partial charge on any atom is -0.461 e. The fourth-order valence-electron chi connectivity index (χ4n) is 7.48. The summed E-state index contributed by atoms with van der Waals surface area (Å²) in [7, 11) is 4.00. The molecule has 0 bridgehead atoms. The molecule has 4 aliphatic carbocycles. The number of nitrogens with zero attached hydrogens (tertiary/aromatic N) is 1. The largest absolute Gasteiger partial charge is 0.461 e. The van der Waals surface area contributed by atoms with Crippen molar-refractivity contribution in [3.05, 3.63) is 11.6 Å². The molecular weight excluding hydrogens is 414 g/mol. The number of ether oxygens (including phenoxy) is 1. The van der Waals surface area contributed by atoms with E-state index in [4.69, 9.17) is 4.74 Å². The molecule has 0 radical (unpaired) electrons. The highest BCUT2D eigenvalue weighted by atomic mass is 35.5. The third-order valence-corrected chi connectivity index (χ3v) is 9.25. The van der Waals surface area contributed by atoms with Gasteiger partial charge in [-0.3, -0.25) is 9.59 Å². The van der Waals surface area contributed by atoms with Gasteiger partial charge in [0, 0.05) is 18.3 Å². The number of aliphatic hydroxyl groups is 1. The number of esters is 1. The zero-order valence-corrected chi connectivity index (χ0v) is 20.4. The van der Waals surface area contributed by atoms with Crippen LogP contribution in [0.1, 0.15) is 71.6 Å². The van der Waals surface area contributed by atoms with Gasteiger partial charge in [0.2, 0.25) is 0 Å². The first-order valence-electron chi connectivity index (χ1n) is 11.9. The molecule has 4 rings (SSSR count). The van der Waals surface area contributed by atoms with E-state index in [-0.39, 0.29) is 47.2 Å². The fourth-order valence-corrected chi connectivity index (χ4v) is 7.48. The van der Waals surface area contributed by atoms with Gasteiger partial charge in [0.1, 0.15) is 6.10 Å². The Hall–Kier alpha value is -0.910. The minimum absolute atomic E-state index is 0. The van der Waals surface area contributed by atoms with Gasteiger partial charge < -0.3 is 14.7 Å². The number of hydrogen-bond acceptors (Lipinski definition) is 5. The Balaban J connectivity index is 0.00000272. The molecule has 3 fully saturated rings. The van der Waals surface area contributed by atoms with E-state index in [0.29, 0.717) is 30.6 Å². The van der Waals surface area contributed by atoms with Crippen molar-refractivity contribution in [2.45, 2.75) is 83.8 Å². The molecule has 1 unspecified atom stereocenters. The maximum atomic E-state index is 12.6. The monoisotopic (exact) mass is 453 g/mol. The number of fused-ring (bicyclic) bond motifs is 5. The highest BCUT2D eigenvalue weighted by Crippen LogP contribution is 2.65. The van der Waals surface area contributed by atoms with E-state index in [2.05, 4.69) is 18.7 Å². The van der Waals surface area contributed by atoms with Crippen molar-refractivity contribution in [2.24, 2.45) is 28.6 Å². The lowest BCUT2D eigenvalue weighted by Gasteiger charge is -2.59. The van der Waals surface area contributed by atoms with Crippen molar-refractivity contribution in [2.75, 3.05) is 20.6 Å². The van der Waals surface area contributed by atoms with Crippen LogP contribution < -0.4 is 0 Å². The standard InChI is InChI=1S/C25H39NO4.ClH/c1-24-12-11-20-18(19(24)9-10-21(24)28)8-7-16-14-17(27)15-22(25(16,20)2)30-23(29)6-5-13-26(3)4;/h14,18-22,28H,5-13,15H2,1-4H3;1H/t18-,19-,20-,21-,22?,24-,25-;/m0./s1. The number of ketones is 1. The maximum Gasteiger partial charge on any atom is 0.306 e. The second-order valence-electron chi connectivity index (χ2n) is 11.1. The van der Waals surface area contributed by atoms with E-state index in [0.717, 1.165) is 51.5 Å². The Kier molecular flexibility index (Phi) is 7.30. The smallest absolute Gasteiger partial charge is 0.306 e. The molecule has 0 aliphatic heterocycles. The normalized spacial score (nSPS) is 41.5. The summed E-state index contributed by atoms with van der Waals surface area (Å²) in [5.41, 5.74) is 0.984. The fraction of sp³-hybridized carbons (Fsp3) is 0.840. The zero-order chi connectivity index (χ0) is 21.7. The summed E-state index contributed by atoms with van der Waals surface area (Å²) in [5, 5.41) is 10.7. The molecule has 4 aliphatic rings. The van der Waals surface area contributed by atoms with Crippen molar-refractivity contribution >= 4 is 24.2 Å².